The van der Waals surface area contributed by atoms with Crippen LogP contribution in [0.15, 0.2) is 68.0 Å². The van der Waals surface area contributed by atoms with Crippen LogP contribution in [0.5, 0.6) is 0 Å². The Hall–Kier alpha value is -2.27. The molecule has 0 bridgehead atoms. The molecule has 0 unspecified atom stereocenters. The molecule has 0 fully saturated rings. The Bertz CT molecular complexity index is 588. The monoisotopic (exact) mass is 322 g/mol. The van der Waals surface area contributed by atoms with E-state index in [-0.39, 0.29) is 0 Å². The Kier molecular flexibility index (Phi) is 9.38. The van der Waals surface area contributed by atoms with Gasteiger partial charge >= 0.3 is 0 Å². The van der Waals surface area contributed by atoms with Crippen LogP contribution in [-0.2, 0) is 6.54 Å². The highest BCUT2D eigenvalue weighted by Gasteiger charge is 2.02. The van der Waals surface area contributed by atoms with Gasteiger partial charge in [0.25, 0.3) is 0 Å². The van der Waals surface area contributed by atoms with E-state index in [1.165, 1.54) is 5.56 Å². The molecule has 0 amide bonds. The Morgan fingerprint density at radius 1 is 1.00 bits per heavy atom. The van der Waals surface area contributed by atoms with Gasteiger partial charge in [-0.15, -0.1) is 23.4 Å². The zero-order valence-corrected chi connectivity index (χ0v) is 12.5. The van der Waals surface area contributed by atoms with Crippen molar-refractivity contribution in [1.82, 2.24) is 0 Å². The molecular weight excluding hydrogens is 308 g/mol. The third-order valence-corrected chi connectivity index (χ3v) is 2.20. The van der Waals surface area contributed by atoms with Gasteiger partial charge in [0.1, 0.15) is 11.6 Å². The lowest BCUT2D eigenvalue weighted by Crippen LogP contribution is -2.68. The molecule has 0 saturated heterocycles. The first-order valence-electron chi connectivity index (χ1n) is 5.93. The zero-order valence-electron chi connectivity index (χ0n) is 11.7. The van der Waals surface area contributed by atoms with Crippen molar-refractivity contribution in [1.29, 1.82) is 5.26 Å². The van der Waals surface area contributed by atoms with Gasteiger partial charge in [-0.2, -0.15) is 9.83 Å². The smallest absolute Gasteiger partial charge is 0.186 e. The van der Waals surface area contributed by atoms with Crippen molar-refractivity contribution in [2.45, 2.75) is 6.54 Å². The molecular formula is C15H15ClN2O4. The largest absolute Gasteiger partial charge is 0.222 e. The second-order valence-corrected chi connectivity index (χ2v) is 4.50. The molecule has 0 aliphatic rings. The van der Waals surface area contributed by atoms with Gasteiger partial charge in [-0.1, -0.05) is 30.3 Å². The van der Waals surface area contributed by atoms with Crippen molar-refractivity contribution in [2.24, 2.45) is 0 Å². The molecule has 7 heteroatoms. The van der Waals surface area contributed by atoms with Crippen LogP contribution in [-0.4, -0.2) is 0 Å². The predicted molar refractivity (Wildman–Crippen MR) is 68.2 cm³/mol. The summed E-state index contributed by atoms with van der Waals surface area (Å²) in [5.74, 6) is 0. The lowest BCUT2D eigenvalue weighted by molar-refractivity contribution is -2.00. The number of nitriles is 1. The molecule has 1 aromatic carbocycles. The fourth-order valence-corrected chi connectivity index (χ4v) is 1.48. The molecule has 0 N–H and O–H groups in total. The third-order valence-electron chi connectivity index (χ3n) is 2.20. The molecule has 1 heterocycles. The average molecular weight is 323 g/mol. The molecule has 0 aliphatic carbocycles. The molecule has 0 aliphatic heterocycles. The summed E-state index contributed by atoms with van der Waals surface area (Å²) in [6, 6.07) is 16.0. The van der Waals surface area contributed by atoms with Crippen LogP contribution in [0.3, 0.4) is 0 Å². The van der Waals surface area contributed by atoms with Gasteiger partial charge in [0, 0.05) is 11.6 Å². The maximum atomic E-state index is 8.76. The topological polar surface area (TPSA) is 120 Å². The van der Waals surface area contributed by atoms with E-state index in [1.54, 1.807) is 0 Å². The Morgan fingerprint density at radius 3 is 2.05 bits per heavy atom. The minimum atomic E-state index is -4.94. The van der Waals surface area contributed by atoms with Gasteiger partial charge in [0.15, 0.2) is 18.9 Å². The molecule has 0 radical (unpaired) electrons. The van der Waals surface area contributed by atoms with Crippen molar-refractivity contribution in [3.8, 4) is 6.07 Å². The molecule has 0 atom stereocenters. The number of halogens is 1. The quantitative estimate of drug-likeness (QED) is 0.465. The number of hydrogen-bond acceptors (Lipinski definition) is 5. The number of hydrogen-bond donors (Lipinski definition) is 0. The van der Waals surface area contributed by atoms with Crippen LogP contribution < -0.4 is 23.2 Å². The van der Waals surface area contributed by atoms with Gasteiger partial charge in [-0.3, -0.25) is 0 Å². The molecule has 0 spiro atoms. The first kappa shape index (κ1) is 19.7. The highest BCUT2D eigenvalue weighted by Crippen LogP contribution is 1.98. The van der Waals surface area contributed by atoms with Gasteiger partial charge < -0.3 is 0 Å². The number of benzene rings is 1. The first-order valence-corrected chi connectivity index (χ1v) is 7.17. The number of aromatic nitrogens is 1. The summed E-state index contributed by atoms with van der Waals surface area (Å²) in [5, 5.41) is 8.76. The summed E-state index contributed by atoms with van der Waals surface area (Å²) in [6.45, 7) is 6.80. The summed E-state index contributed by atoms with van der Waals surface area (Å²) in [5.41, 5.74) is 1.92. The molecule has 2 rings (SSSR count). The summed E-state index contributed by atoms with van der Waals surface area (Å²) in [4.78, 5) is 0. The van der Waals surface area contributed by atoms with E-state index in [4.69, 9.17) is 23.9 Å². The van der Waals surface area contributed by atoms with Crippen LogP contribution in [0.1, 0.15) is 11.1 Å². The molecule has 0 saturated carbocycles. The van der Waals surface area contributed by atoms with E-state index in [2.05, 4.69) is 31.4 Å². The summed E-state index contributed by atoms with van der Waals surface area (Å²) >= 11 is 0. The highest BCUT2D eigenvalue weighted by molar-refractivity contribution is 5.22. The fraction of sp³-hybridized carbons (Fsp3) is 0.0667. The number of pyridine rings is 1. The molecule has 116 valence electrons. The van der Waals surface area contributed by atoms with E-state index < -0.39 is 10.2 Å². The zero-order chi connectivity index (χ0) is 17.0. The van der Waals surface area contributed by atoms with Crippen molar-refractivity contribution in [3.63, 3.8) is 0 Å². The van der Waals surface area contributed by atoms with Crippen LogP contribution in [0, 0.1) is 21.6 Å². The molecule has 6 nitrogen and oxygen atoms in total. The van der Waals surface area contributed by atoms with Gasteiger partial charge in [0.2, 0.25) is 0 Å². The lowest BCUT2D eigenvalue weighted by Gasteiger charge is -2.17. The van der Waals surface area contributed by atoms with Gasteiger partial charge in [-0.25, -0.2) is 18.6 Å². The standard InChI is InChI=1S/C13H11N2.C2H4.ClHO4/c14-9-13-7-4-8-15(11-13)10-12-5-2-1-3-6-12;1-2;2-1(3,4)5/h1-8,11H,10H2;1-2H2;(H,2,3,4,5)/q+1;;/p-1. The first-order chi connectivity index (χ1) is 10.4. The Morgan fingerprint density at radius 2 is 1.55 bits per heavy atom. The van der Waals surface area contributed by atoms with E-state index in [0.29, 0.717) is 5.56 Å². The van der Waals surface area contributed by atoms with E-state index in [1.807, 2.05) is 47.3 Å². The van der Waals surface area contributed by atoms with Crippen LogP contribution in [0.4, 0.5) is 0 Å². The second-order valence-electron chi connectivity index (χ2n) is 3.74. The number of nitrogens with zero attached hydrogens (tertiary/aromatic N) is 2. The lowest BCUT2D eigenvalue weighted by atomic mass is 10.2. The molecule has 22 heavy (non-hydrogen) atoms. The molecule has 1 aromatic heterocycles. The van der Waals surface area contributed by atoms with Crippen molar-refractivity contribution < 1.29 is 33.4 Å². The maximum Gasteiger partial charge on any atom is 0.186 e. The predicted octanol–water partition coefficient (Wildman–Crippen LogP) is -2.06. The Balaban J connectivity index is 0.000000540. The average Bonchev–Trinajstić information content (AvgIpc) is 2.49. The SMILES string of the molecule is C=C.N#Cc1ccc[n+](Cc2ccccc2)c1.[O-][Cl+3]([O-])([O-])[O-]. The van der Waals surface area contributed by atoms with E-state index in [0.717, 1.165) is 6.54 Å². The number of rotatable bonds is 2. The third kappa shape index (κ3) is 10.5. The minimum Gasteiger partial charge on any atom is -0.222 e. The Labute approximate surface area is 131 Å². The van der Waals surface area contributed by atoms with E-state index in [9.17, 15) is 0 Å². The fourth-order valence-electron chi connectivity index (χ4n) is 1.48. The summed E-state index contributed by atoms with van der Waals surface area (Å²) in [7, 11) is -4.94. The van der Waals surface area contributed by atoms with Crippen molar-refractivity contribution in [2.75, 3.05) is 0 Å². The van der Waals surface area contributed by atoms with Crippen molar-refractivity contribution >= 4 is 0 Å². The van der Waals surface area contributed by atoms with E-state index >= 15 is 0 Å². The second kappa shape index (κ2) is 10.5. The van der Waals surface area contributed by atoms with Crippen LogP contribution in [0.25, 0.3) is 0 Å². The minimum absolute atomic E-state index is 0.688. The normalized spacial score (nSPS) is 9.41. The van der Waals surface area contributed by atoms with Gasteiger partial charge in [-0.05, 0) is 6.07 Å². The molecule has 2 aromatic rings. The maximum absolute atomic E-state index is 8.76. The summed E-state index contributed by atoms with van der Waals surface area (Å²) in [6.07, 6.45) is 3.82. The van der Waals surface area contributed by atoms with Crippen LogP contribution in [0.2, 0.25) is 0 Å². The van der Waals surface area contributed by atoms with Gasteiger partial charge in [0.05, 0.1) is 0 Å². The van der Waals surface area contributed by atoms with Crippen LogP contribution >= 0.6 is 0 Å². The highest BCUT2D eigenvalue weighted by atomic mass is 35.7. The summed E-state index contributed by atoms with van der Waals surface area (Å²) < 4.78 is 36.0. The van der Waals surface area contributed by atoms with Crippen molar-refractivity contribution in [3.05, 3.63) is 79.1 Å².